The summed E-state index contributed by atoms with van der Waals surface area (Å²) in [6, 6.07) is 4.55. The zero-order chi connectivity index (χ0) is 16.7. The highest BCUT2D eigenvalue weighted by Gasteiger charge is 2.28. The molecule has 4 rings (SSSR count). The number of hydrogen-bond donors (Lipinski definition) is 0. The average molecular weight is 327 g/mol. The number of carbonyl (C=O) groups excluding carboxylic acids is 1. The zero-order valence-electron chi connectivity index (χ0n) is 13.4. The maximum atomic E-state index is 13.4. The number of benzene rings is 1. The number of likely N-dealkylation sites (tertiary alicyclic amines) is 1. The molecule has 1 atom stereocenters. The first-order chi connectivity index (χ1) is 11.6. The molecule has 1 saturated heterocycles. The molecule has 124 valence electrons. The van der Waals surface area contributed by atoms with Crippen molar-refractivity contribution < 1.29 is 13.6 Å². The molecule has 1 fully saturated rings. The van der Waals surface area contributed by atoms with E-state index in [1.54, 1.807) is 25.5 Å². The van der Waals surface area contributed by atoms with Crippen molar-refractivity contribution in [1.82, 2.24) is 14.5 Å². The van der Waals surface area contributed by atoms with Crippen LogP contribution in [-0.4, -0.2) is 33.4 Å². The van der Waals surface area contributed by atoms with E-state index in [0.717, 1.165) is 12.8 Å². The predicted molar refractivity (Wildman–Crippen MR) is 87.3 cm³/mol. The van der Waals surface area contributed by atoms with Crippen LogP contribution in [-0.2, 0) is 0 Å². The molecule has 0 radical (unpaired) electrons. The lowest BCUT2D eigenvalue weighted by Crippen LogP contribution is -2.40. The van der Waals surface area contributed by atoms with E-state index in [2.05, 4.69) is 4.98 Å². The summed E-state index contributed by atoms with van der Waals surface area (Å²) < 4.78 is 21.2. The first kappa shape index (κ1) is 14.9. The van der Waals surface area contributed by atoms with Gasteiger partial charge in [0.25, 0.3) is 5.91 Å². The molecule has 3 heterocycles. The second kappa shape index (κ2) is 5.78. The Morgan fingerprint density at radius 3 is 3.08 bits per heavy atom. The number of aryl methyl sites for hydroxylation is 1. The van der Waals surface area contributed by atoms with E-state index in [0.29, 0.717) is 35.4 Å². The van der Waals surface area contributed by atoms with Crippen molar-refractivity contribution in [1.29, 1.82) is 0 Å². The highest BCUT2D eigenvalue weighted by atomic mass is 19.1. The van der Waals surface area contributed by atoms with Gasteiger partial charge in [-0.25, -0.2) is 9.37 Å². The van der Waals surface area contributed by atoms with Gasteiger partial charge in [-0.3, -0.25) is 4.79 Å². The topological polar surface area (TPSA) is 51.3 Å². The summed E-state index contributed by atoms with van der Waals surface area (Å²) in [6.45, 7) is 3.13. The summed E-state index contributed by atoms with van der Waals surface area (Å²) in [5, 5.41) is 0.654. The first-order valence-electron chi connectivity index (χ1n) is 8.09. The van der Waals surface area contributed by atoms with Gasteiger partial charge in [-0.05, 0) is 38.0 Å². The van der Waals surface area contributed by atoms with Crippen molar-refractivity contribution >= 4 is 16.9 Å². The van der Waals surface area contributed by atoms with E-state index in [-0.39, 0.29) is 17.8 Å². The van der Waals surface area contributed by atoms with Crippen LogP contribution < -0.4 is 0 Å². The van der Waals surface area contributed by atoms with Gasteiger partial charge in [0.2, 0.25) is 0 Å². The molecule has 1 aliphatic heterocycles. The van der Waals surface area contributed by atoms with Gasteiger partial charge in [0.15, 0.2) is 5.76 Å². The summed E-state index contributed by atoms with van der Waals surface area (Å²) in [4.78, 5) is 18.8. The molecule has 0 N–H and O–H groups in total. The molecule has 3 aromatic rings. The van der Waals surface area contributed by atoms with Gasteiger partial charge in [0, 0.05) is 36.4 Å². The standard InChI is InChI=1S/C18H18FN3O2/c1-12-15-9-13(19)4-5-16(15)24-17(12)18(23)21-7-2-3-14(10-21)22-8-6-20-11-22/h4-6,8-9,11,14H,2-3,7,10H2,1H3. The molecular formula is C18H18FN3O2. The van der Waals surface area contributed by atoms with Gasteiger partial charge in [-0.15, -0.1) is 0 Å². The fourth-order valence-corrected chi connectivity index (χ4v) is 3.41. The quantitative estimate of drug-likeness (QED) is 0.723. The van der Waals surface area contributed by atoms with E-state index >= 15 is 0 Å². The van der Waals surface area contributed by atoms with Gasteiger partial charge in [0.05, 0.1) is 12.4 Å². The molecule has 5 nitrogen and oxygen atoms in total. The SMILES string of the molecule is Cc1c(C(=O)N2CCCC(n3ccnc3)C2)oc2ccc(F)cc12. The molecule has 2 aromatic heterocycles. The third kappa shape index (κ3) is 2.48. The van der Waals surface area contributed by atoms with Crippen LogP contribution in [0.4, 0.5) is 4.39 Å². The maximum absolute atomic E-state index is 13.4. The molecule has 0 aliphatic carbocycles. The number of hydrogen-bond acceptors (Lipinski definition) is 3. The lowest BCUT2D eigenvalue weighted by Gasteiger charge is -2.33. The predicted octanol–water partition coefficient (Wildman–Crippen LogP) is 3.55. The van der Waals surface area contributed by atoms with E-state index in [9.17, 15) is 9.18 Å². The van der Waals surface area contributed by atoms with Crippen LogP contribution in [0.2, 0.25) is 0 Å². The molecule has 6 heteroatoms. The minimum absolute atomic E-state index is 0.131. The molecule has 1 amide bonds. The van der Waals surface area contributed by atoms with Crippen molar-refractivity contribution in [2.24, 2.45) is 0 Å². The summed E-state index contributed by atoms with van der Waals surface area (Å²) >= 11 is 0. The average Bonchev–Trinajstić information content (AvgIpc) is 3.24. The number of furan rings is 1. The lowest BCUT2D eigenvalue weighted by atomic mass is 10.0. The van der Waals surface area contributed by atoms with Crippen molar-refractivity contribution in [3.8, 4) is 0 Å². The van der Waals surface area contributed by atoms with Crippen LogP contribution in [0.3, 0.4) is 0 Å². The monoisotopic (exact) mass is 327 g/mol. The zero-order valence-corrected chi connectivity index (χ0v) is 13.4. The Labute approximate surface area is 138 Å². The van der Waals surface area contributed by atoms with Crippen molar-refractivity contribution in [3.05, 3.63) is 54.1 Å². The maximum Gasteiger partial charge on any atom is 0.289 e. The Hall–Kier alpha value is -2.63. The Balaban J connectivity index is 1.62. The minimum atomic E-state index is -0.330. The fourth-order valence-electron chi connectivity index (χ4n) is 3.41. The number of fused-ring (bicyclic) bond motifs is 1. The van der Waals surface area contributed by atoms with Crippen molar-refractivity contribution in [2.45, 2.75) is 25.8 Å². The normalized spacial score (nSPS) is 18.2. The fraction of sp³-hybridized carbons (Fsp3) is 0.333. The number of halogens is 1. The third-order valence-corrected chi connectivity index (χ3v) is 4.72. The molecule has 0 spiro atoms. The van der Waals surface area contributed by atoms with Gasteiger partial charge in [-0.1, -0.05) is 0 Å². The molecular weight excluding hydrogens is 309 g/mol. The van der Waals surface area contributed by atoms with Gasteiger partial charge in [0.1, 0.15) is 11.4 Å². The Kier molecular flexibility index (Phi) is 3.59. The summed E-state index contributed by atoms with van der Waals surface area (Å²) in [6.07, 6.45) is 7.41. The lowest BCUT2D eigenvalue weighted by molar-refractivity contribution is 0.0648. The van der Waals surface area contributed by atoms with Gasteiger partial charge >= 0.3 is 0 Å². The molecule has 0 saturated carbocycles. The van der Waals surface area contributed by atoms with Crippen LogP contribution >= 0.6 is 0 Å². The smallest absolute Gasteiger partial charge is 0.289 e. The molecule has 1 aromatic carbocycles. The Morgan fingerprint density at radius 2 is 2.29 bits per heavy atom. The minimum Gasteiger partial charge on any atom is -0.451 e. The van der Waals surface area contributed by atoms with Crippen molar-refractivity contribution in [3.63, 3.8) is 0 Å². The van der Waals surface area contributed by atoms with E-state index in [1.165, 1.54) is 12.1 Å². The van der Waals surface area contributed by atoms with Crippen LogP contribution in [0.5, 0.6) is 0 Å². The summed E-state index contributed by atoms with van der Waals surface area (Å²) in [5.74, 6) is -0.153. The van der Waals surface area contributed by atoms with Crippen LogP contribution in [0, 0.1) is 12.7 Å². The highest BCUT2D eigenvalue weighted by molar-refractivity contribution is 5.99. The molecule has 0 bridgehead atoms. The van der Waals surface area contributed by atoms with E-state index in [1.807, 2.05) is 15.7 Å². The van der Waals surface area contributed by atoms with E-state index in [4.69, 9.17) is 4.42 Å². The summed E-state index contributed by atoms with van der Waals surface area (Å²) in [5.41, 5.74) is 1.24. The largest absolute Gasteiger partial charge is 0.451 e. The van der Waals surface area contributed by atoms with E-state index < -0.39 is 0 Å². The number of aromatic nitrogens is 2. The second-order valence-electron chi connectivity index (χ2n) is 6.25. The van der Waals surface area contributed by atoms with Crippen LogP contribution in [0.15, 0.2) is 41.3 Å². The highest BCUT2D eigenvalue weighted by Crippen LogP contribution is 2.29. The number of amides is 1. The number of carbonyl (C=O) groups is 1. The Morgan fingerprint density at radius 1 is 1.42 bits per heavy atom. The Bertz CT molecular complexity index is 885. The van der Waals surface area contributed by atoms with Crippen LogP contribution in [0.25, 0.3) is 11.0 Å². The molecule has 1 aliphatic rings. The molecule has 24 heavy (non-hydrogen) atoms. The summed E-state index contributed by atoms with van der Waals surface area (Å²) in [7, 11) is 0. The third-order valence-electron chi connectivity index (χ3n) is 4.72. The van der Waals surface area contributed by atoms with Gasteiger partial charge in [-0.2, -0.15) is 0 Å². The number of imidazole rings is 1. The number of nitrogens with zero attached hydrogens (tertiary/aromatic N) is 3. The van der Waals surface area contributed by atoms with Crippen LogP contribution in [0.1, 0.15) is 35.0 Å². The number of rotatable bonds is 2. The number of piperidine rings is 1. The molecule has 1 unspecified atom stereocenters. The van der Waals surface area contributed by atoms with Crippen molar-refractivity contribution in [2.75, 3.05) is 13.1 Å². The second-order valence-corrected chi connectivity index (χ2v) is 6.25. The van der Waals surface area contributed by atoms with Gasteiger partial charge < -0.3 is 13.9 Å². The first-order valence-corrected chi connectivity index (χ1v) is 8.09.